The summed E-state index contributed by atoms with van der Waals surface area (Å²) in [4.78, 5) is 15.5. The molecule has 0 saturated heterocycles. The van der Waals surface area contributed by atoms with Gasteiger partial charge in [0.05, 0.1) is 40.0 Å². The van der Waals surface area contributed by atoms with Crippen molar-refractivity contribution in [3.05, 3.63) is 193 Å². The first-order valence-electron chi connectivity index (χ1n) is 19.5. The van der Waals surface area contributed by atoms with Gasteiger partial charge in [-0.3, -0.25) is 0 Å². The van der Waals surface area contributed by atoms with Crippen LogP contribution in [-0.2, 0) is 0 Å². The number of nitrogens with zero attached hydrogens (tertiary/aromatic N) is 6. The zero-order valence-electron chi connectivity index (χ0n) is 31.9. The Labute approximate surface area is 344 Å². The summed E-state index contributed by atoms with van der Waals surface area (Å²) in [6, 6.07) is 65.4. The zero-order valence-corrected chi connectivity index (χ0v) is 31.9. The normalized spacial score (nSPS) is 11.3. The molecular weight excluding hydrogens is 737 g/mol. The van der Waals surface area contributed by atoms with E-state index < -0.39 is 0 Å². The minimum Gasteiger partial charge on any atom is -0.456 e. The van der Waals surface area contributed by atoms with Crippen LogP contribution in [0.25, 0.3) is 106 Å². The van der Waals surface area contributed by atoms with Crippen LogP contribution < -0.4 is 0 Å². The van der Waals surface area contributed by atoms with E-state index in [1.807, 2.05) is 103 Å². The van der Waals surface area contributed by atoms with Gasteiger partial charge in [0, 0.05) is 38.2 Å². The molecule has 0 spiro atoms. The van der Waals surface area contributed by atoms with Gasteiger partial charge in [-0.05, 0) is 89.0 Å². The van der Waals surface area contributed by atoms with E-state index in [2.05, 4.69) is 89.5 Å². The first-order valence-corrected chi connectivity index (χ1v) is 19.5. The van der Waals surface area contributed by atoms with Crippen molar-refractivity contribution in [1.82, 2.24) is 19.5 Å². The monoisotopic (exact) mass is 766 g/mol. The molecule has 0 atom stereocenters. The standard InChI is InChI=1S/C53H30N6O/c54-31-33-25-34(32-55)27-40(26-33)39-20-22-47-43(28-39)41-15-7-9-17-46(41)59(47)48-23-19-37(38-21-24-50-44(29-38)42-16-8-10-18-49(42)60-50)30-45(48)53-57-51(35-11-3-1-4-12-35)56-52(58-53)36-13-5-2-6-14-36/h1-30H. The number of fused-ring (bicyclic) bond motifs is 6. The average molecular weight is 767 g/mol. The summed E-state index contributed by atoms with van der Waals surface area (Å²) in [5.41, 5.74) is 11.8. The smallest absolute Gasteiger partial charge is 0.166 e. The van der Waals surface area contributed by atoms with Crippen molar-refractivity contribution >= 4 is 43.7 Å². The Kier molecular flexibility index (Phi) is 8.11. The molecule has 3 heterocycles. The highest BCUT2D eigenvalue weighted by molar-refractivity contribution is 6.11. The van der Waals surface area contributed by atoms with Crippen LogP contribution in [0.3, 0.4) is 0 Å². The number of nitriles is 2. The minimum absolute atomic E-state index is 0.443. The molecule has 60 heavy (non-hydrogen) atoms. The maximum Gasteiger partial charge on any atom is 0.166 e. The summed E-state index contributed by atoms with van der Waals surface area (Å²) < 4.78 is 8.48. The second-order valence-electron chi connectivity index (χ2n) is 14.7. The van der Waals surface area contributed by atoms with Gasteiger partial charge in [-0.1, -0.05) is 115 Å². The van der Waals surface area contributed by atoms with Crippen molar-refractivity contribution in [3.63, 3.8) is 0 Å². The number of rotatable bonds is 6. The third-order valence-electron chi connectivity index (χ3n) is 11.1. The van der Waals surface area contributed by atoms with E-state index in [-0.39, 0.29) is 0 Å². The van der Waals surface area contributed by atoms with Crippen molar-refractivity contribution < 1.29 is 4.42 Å². The van der Waals surface area contributed by atoms with Gasteiger partial charge in [0.15, 0.2) is 17.5 Å². The second kappa shape index (κ2) is 14.1. The maximum absolute atomic E-state index is 9.75. The van der Waals surface area contributed by atoms with Crippen molar-refractivity contribution in [2.45, 2.75) is 0 Å². The van der Waals surface area contributed by atoms with Gasteiger partial charge in [-0.15, -0.1) is 0 Å². The predicted molar refractivity (Wildman–Crippen MR) is 238 cm³/mol. The Hall–Kier alpha value is -8.65. The van der Waals surface area contributed by atoms with E-state index in [4.69, 9.17) is 19.4 Å². The van der Waals surface area contributed by atoms with Crippen molar-refractivity contribution in [3.8, 4) is 74.2 Å². The van der Waals surface area contributed by atoms with Crippen molar-refractivity contribution in [2.24, 2.45) is 0 Å². The lowest BCUT2D eigenvalue weighted by Crippen LogP contribution is -2.04. The molecule has 7 heteroatoms. The van der Waals surface area contributed by atoms with Gasteiger partial charge in [0.1, 0.15) is 11.2 Å². The molecule has 0 N–H and O–H groups in total. The van der Waals surface area contributed by atoms with E-state index in [1.54, 1.807) is 6.07 Å². The largest absolute Gasteiger partial charge is 0.456 e. The molecule has 11 rings (SSSR count). The lowest BCUT2D eigenvalue weighted by molar-refractivity contribution is 0.669. The first kappa shape index (κ1) is 34.6. The zero-order chi connectivity index (χ0) is 40.2. The average Bonchev–Trinajstić information content (AvgIpc) is 3.86. The molecule has 7 nitrogen and oxygen atoms in total. The van der Waals surface area contributed by atoms with Crippen LogP contribution in [0.5, 0.6) is 0 Å². The first-order chi connectivity index (χ1) is 29.6. The fourth-order valence-electron chi connectivity index (χ4n) is 8.26. The fraction of sp³-hybridized carbons (Fsp3) is 0. The molecular formula is C53H30N6O. The van der Waals surface area contributed by atoms with Crippen molar-refractivity contribution in [2.75, 3.05) is 0 Å². The van der Waals surface area contributed by atoms with Crippen LogP contribution >= 0.6 is 0 Å². The second-order valence-corrected chi connectivity index (χ2v) is 14.7. The van der Waals surface area contributed by atoms with Gasteiger partial charge in [0.25, 0.3) is 0 Å². The quantitative estimate of drug-likeness (QED) is 0.167. The van der Waals surface area contributed by atoms with E-state index in [0.29, 0.717) is 28.6 Å². The molecule has 11 aromatic rings. The Morgan fingerprint density at radius 1 is 0.383 bits per heavy atom. The molecule has 0 aliphatic carbocycles. The number of hydrogen-bond acceptors (Lipinski definition) is 6. The molecule has 278 valence electrons. The molecule has 8 aromatic carbocycles. The summed E-state index contributed by atoms with van der Waals surface area (Å²) in [6.45, 7) is 0. The topological polar surface area (TPSA) is 104 Å². The molecule has 0 radical (unpaired) electrons. The summed E-state index contributed by atoms with van der Waals surface area (Å²) in [7, 11) is 0. The number of furan rings is 1. The van der Waals surface area contributed by atoms with E-state index in [1.165, 1.54) is 0 Å². The Bertz CT molecular complexity index is 3480. The van der Waals surface area contributed by atoms with Gasteiger partial charge >= 0.3 is 0 Å². The molecule has 0 fully saturated rings. The van der Waals surface area contributed by atoms with Gasteiger partial charge < -0.3 is 8.98 Å². The Morgan fingerprint density at radius 2 is 0.917 bits per heavy atom. The highest BCUT2D eigenvalue weighted by Gasteiger charge is 2.21. The molecule has 3 aromatic heterocycles. The summed E-state index contributed by atoms with van der Waals surface area (Å²) >= 11 is 0. The van der Waals surface area contributed by atoms with Crippen LogP contribution in [0.15, 0.2) is 186 Å². The van der Waals surface area contributed by atoms with Crippen LogP contribution in [0.4, 0.5) is 0 Å². The fourth-order valence-corrected chi connectivity index (χ4v) is 8.26. The summed E-state index contributed by atoms with van der Waals surface area (Å²) in [5.74, 6) is 1.69. The lowest BCUT2D eigenvalue weighted by Gasteiger charge is -2.16. The van der Waals surface area contributed by atoms with Crippen LogP contribution in [0, 0.1) is 22.7 Å². The van der Waals surface area contributed by atoms with E-state index in [9.17, 15) is 10.5 Å². The highest BCUT2D eigenvalue weighted by atomic mass is 16.3. The Morgan fingerprint density at radius 3 is 1.63 bits per heavy atom. The SMILES string of the molecule is N#Cc1cc(C#N)cc(-c2ccc3c(c2)c2ccccc2n3-c2ccc(-c3ccc4oc5ccccc5c4c3)cc2-c2nc(-c3ccccc3)nc(-c3ccccc3)n2)c1. The molecule has 0 amide bonds. The van der Waals surface area contributed by atoms with Gasteiger partial charge in [-0.25, -0.2) is 15.0 Å². The molecule has 0 aliphatic rings. The number of hydrogen-bond donors (Lipinski definition) is 0. The number of para-hydroxylation sites is 2. The van der Waals surface area contributed by atoms with Crippen LogP contribution in [0.1, 0.15) is 11.1 Å². The third-order valence-corrected chi connectivity index (χ3v) is 11.1. The minimum atomic E-state index is 0.443. The third kappa shape index (κ3) is 5.86. The molecule has 0 bridgehead atoms. The van der Waals surface area contributed by atoms with Crippen LogP contribution in [0.2, 0.25) is 0 Å². The molecule has 0 unspecified atom stereocenters. The number of benzene rings is 8. The van der Waals surface area contributed by atoms with Gasteiger partial charge in [-0.2, -0.15) is 10.5 Å². The van der Waals surface area contributed by atoms with E-state index >= 15 is 0 Å². The Balaban J connectivity index is 1.18. The summed E-state index contributed by atoms with van der Waals surface area (Å²) in [6.07, 6.45) is 0. The maximum atomic E-state index is 9.75. The highest BCUT2D eigenvalue weighted by Crippen LogP contribution is 2.41. The predicted octanol–water partition coefficient (Wildman–Crippen LogP) is 12.9. The number of aromatic nitrogens is 4. The summed E-state index contributed by atoms with van der Waals surface area (Å²) in [5, 5.41) is 23.7. The van der Waals surface area contributed by atoms with Crippen molar-refractivity contribution in [1.29, 1.82) is 10.5 Å². The molecule has 0 saturated carbocycles. The van der Waals surface area contributed by atoms with Gasteiger partial charge in [0.2, 0.25) is 0 Å². The molecule has 0 aliphatic heterocycles. The van der Waals surface area contributed by atoms with E-state index in [0.717, 1.165) is 88.4 Å². The lowest BCUT2D eigenvalue weighted by atomic mass is 9.98. The van der Waals surface area contributed by atoms with Crippen LogP contribution in [-0.4, -0.2) is 19.5 Å².